The molecule has 1 fully saturated rings. The van der Waals surface area contributed by atoms with E-state index in [9.17, 15) is 9.59 Å². The van der Waals surface area contributed by atoms with E-state index in [1.54, 1.807) is 14.1 Å². The van der Waals surface area contributed by atoms with Crippen LogP contribution in [-0.2, 0) is 16.0 Å². The Morgan fingerprint density at radius 1 is 1.17 bits per heavy atom. The zero-order chi connectivity index (χ0) is 21.3. The number of rotatable bonds is 7. The first kappa shape index (κ1) is 22.1. The predicted octanol–water partition coefficient (Wildman–Crippen LogP) is 0.731. The largest absolute Gasteiger partial charge is 0.358 e. The number of para-hydroxylation sites is 1. The number of anilines is 1. The molecule has 0 spiro atoms. The lowest BCUT2D eigenvalue weighted by Crippen LogP contribution is -2.50. The molecule has 0 atom stereocenters. The van der Waals surface area contributed by atoms with Gasteiger partial charge in [0.1, 0.15) is 0 Å². The Kier molecular flexibility index (Phi) is 8.07. The fraction of sp³-hybridized carbons (Fsp3) is 0.591. The van der Waals surface area contributed by atoms with Crippen LogP contribution >= 0.6 is 0 Å². The van der Waals surface area contributed by atoms with Crippen LogP contribution in [-0.4, -0.2) is 75.5 Å². The number of piperidine rings is 1. The number of nitrogens with zero attached hydrogens (tertiary/aromatic N) is 3. The topological polar surface area (TPSA) is 89.1 Å². The van der Waals surface area contributed by atoms with E-state index in [-0.39, 0.29) is 11.8 Å². The molecule has 0 saturated carbocycles. The molecule has 3 rings (SSSR count). The lowest BCUT2D eigenvalue weighted by Gasteiger charge is -2.32. The molecule has 2 heterocycles. The number of carbonyl (C=O) groups excluding carboxylic acids is 2. The SMILES string of the molecule is CN=C(NCCCC(=O)N1CCc2ccccc21)NC1CCN(CC(=O)NC)CC1. The Morgan fingerprint density at radius 2 is 1.93 bits per heavy atom. The van der Waals surface area contributed by atoms with Gasteiger partial charge in [-0.25, -0.2) is 0 Å². The first-order valence-electron chi connectivity index (χ1n) is 10.9. The van der Waals surface area contributed by atoms with E-state index < -0.39 is 0 Å². The minimum atomic E-state index is 0.0610. The summed E-state index contributed by atoms with van der Waals surface area (Å²) in [6.07, 6.45) is 4.19. The normalized spacial score (nSPS) is 17.5. The number of hydrogen-bond acceptors (Lipinski definition) is 4. The summed E-state index contributed by atoms with van der Waals surface area (Å²) in [6, 6.07) is 8.50. The minimum absolute atomic E-state index is 0.0610. The predicted molar refractivity (Wildman–Crippen MR) is 120 cm³/mol. The lowest BCUT2D eigenvalue weighted by molar-refractivity contribution is -0.122. The van der Waals surface area contributed by atoms with Crippen molar-refractivity contribution in [3.05, 3.63) is 29.8 Å². The molecule has 164 valence electrons. The average Bonchev–Trinajstić information content (AvgIpc) is 3.21. The summed E-state index contributed by atoms with van der Waals surface area (Å²) in [7, 11) is 3.44. The first-order chi connectivity index (χ1) is 14.6. The molecule has 0 aromatic heterocycles. The Hall–Kier alpha value is -2.61. The molecule has 0 aliphatic carbocycles. The Balaban J connectivity index is 1.34. The van der Waals surface area contributed by atoms with Crippen molar-refractivity contribution in [2.45, 2.75) is 38.1 Å². The van der Waals surface area contributed by atoms with Crippen molar-refractivity contribution in [3.63, 3.8) is 0 Å². The highest BCUT2D eigenvalue weighted by Gasteiger charge is 2.24. The number of nitrogens with one attached hydrogen (secondary N) is 3. The third kappa shape index (κ3) is 5.95. The van der Waals surface area contributed by atoms with E-state index in [0.717, 1.165) is 57.0 Å². The molecule has 2 amide bonds. The monoisotopic (exact) mass is 414 g/mol. The number of likely N-dealkylation sites (N-methyl/N-ethyl adjacent to an activating group) is 1. The van der Waals surface area contributed by atoms with E-state index in [2.05, 4.69) is 31.9 Å². The van der Waals surface area contributed by atoms with Gasteiger partial charge in [0.05, 0.1) is 6.54 Å². The van der Waals surface area contributed by atoms with E-state index in [0.29, 0.717) is 25.6 Å². The number of guanidine groups is 1. The standard InChI is InChI=1S/C22H34N6O2/c1-23-20(29)16-27-13-10-18(11-14-27)26-22(24-2)25-12-5-8-21(30)28-15-9-17-6-3-4-7-19(17)28/h3-4,6-7,18H,5,8-16H2,1-2H3,(H,23,29)(H2,24,25,26). The van der Waals surface area contributed by atoms with Gasteiger partial charge in [-0.1, -0.05) is 18.2 Å². The summed E-state index contributed by atoms with van der Waals surface area (Å²) in [5, 5.41) is 9.46. The highest BCUT2D eigenvalue weighted by atomic mass is 16.2. The van der Waals surface area contributed by atoms with E-state index in [1.165, 1.54) is 5.56 Å². The molecule has 1 saturated heterocycles. The van der Waals surface area contributed by atoms with Crippen LogP contribution in [0.5, 0.6) is 0 Å². The molecule has 0 radical (unpaired) electrons. The second-order valence-electron chi connectivity index (χ2n) is 7.89. The third-order valence-electron chi connectivity index (χ3n) is 5.85. The summed E-state index contributed by atoms with van der Waals surface area (Å²) in [4.78, 5) is 32.5. The van der Waals surface area contributed by atoms with E-state index >= 15 is 0 Å². The number of likely N-dealkylation sites (tertiary alicyclic amines) is 1. The van der Waals surface area contributed by atoms with Crippen LogP contribution in [0.2, 0.25) is 0 Å². The molecule has 2 aliphatic rings. The second-order valence-corrected chi connectivity index (χ2v) is 7.89. The van der Waals surface area contributed by atoms with Crippen molar-refractivity contribution in [2.24, 2.45) is 4.99 Å². The summed E-state index contributed by atoms with van der Waals surface area (Å²) in [5.74, 6) is 1.03. The molecular formula is C22H34N6O2. The maximum absolute atomic E-state index is 12.6. The molecule has 3 N–H and O–H groups in total. The molecular weight excluding hydrogens is 380 g/mol. The van der Waals surface area contributed by atoms with E-state index in [1.807, 2.05) is 23.1 Å². The van der Waals surface area contributed by atoms with Crippen LogP contribution < -0.4 is 20.9 Å². The van der Waals surface area contributed by atoms with Gasteiger partial charge >= 0.3 is 0 Å². The van der Waals surface area contributed by atoms with Gasteiger partial charge in [0.15, 0.2) is 5.96 Å². The smallest absolute Gasteiger partial charge is 0.233 e. The number of fused-ring (bicyclic) bond motifs is 1. The first-order valence-corrected chi connectivity index (χ1v) is 10.9. The third-order valence-corrected chi connectivity index (χ3v) is 5.85. The van der Waals surface area contributed by atoms with Crippen LogP contribution in [0.15, 0.2) is 29.3 Å². The quantitative estimate of drug-likeness (QED) is 0.348. The van der Waals surface area contributed by atoms with Crippen molar-refractivity contribution in [1.82, 2.24) is 20.9 Å². The molecule has 2 aliphatic heterocycles. The molecule has 8 heteroatoms. The number of hydrogen-bond donors (Lipinski definition) is 3. The lowest BCUT2D eigenvalue weighted by atomic mass is 10.1. The fourth-order valence-corrected chi connectivity index (χ4v) is 4.08. The van der Waals surface area contributed by atoms with Crippen molar-refractivity contribution in [2.75, 3.05) is 51.7 Å². The molecule has 0 bridgehead atoms. The Morgan fingerprint density at radius 3 is 2.67 bits per heavy atom. The molecule has 1 aromatic carbocycles. The van der Waals surface area contributed by atoms with Gasteiger partial charge in [-0.2, -0.15) is 0 Å². The van der Waals surface area contributed by atoms with Gasteiger partial charge in [0, 0.05) is 58.4 Å². The van der Waals surface area contributed by atoms with Gasteiger partial charge in [0.2, 0.25) is 11.8 Å². The number of amides is 2. The van der Waals surface area contributed by atoms with Crippen molar-refractivity contribution >= 4 is 23.5 Å². The molecule has 0 unspecified atom stereocenters. The number of benzene rings is 1. The van der Waals surface area contributed by atoms with Crippen molar-refractivity contribution in [3.8, 4) is 0 Å². The molecule has 30 heavy (non-hydrogen) atoms. The van der Waals surface area contributed by atoms with Gasteiger partial charge in [-0.3, -0.25) is 19.5 Å². The number of aliphatic imine (C=N–C) groups is 1. The summed E-state index contributed by atoms with van der Waals surface area (Å²) < 4.78 is 0. The van der Waals surface area contributed by atoms with Crippen LogP contribution in [0, 0.1) is 0 Å². The Labute approximate surface area is 179 Å². The molecule has 1 aromatic rings. The molecule has 8 nitrogen and oxygen atoms in total. The van der Waals surface area contributed by atoms with Crippen molar-refractivity contribution < 1.29 is 9.59 Å². The average molecular weight is 415 g/mol. The minimum Gasteiger partial charge on any atom is -0.358 e. The van der Waals surface area contributed by atoms with E-state index in [4.69, 9.17) is 0 Å². The zero-order valence-corrected chi connectivity index (χ0v) is 18.1. The van der Waals surface area contributed by atoms with Crippen LogP contribution in [0.1, 0.15) is 31.2 Å². The Bertz CT molecular complexity index is 758. The number of carbonyl (C=O) groups is 2. The fourth-order valence-electron chi connectivity index (χ4n) is 4.08. The maximum Gasteiger partial charge on any atom is 0.233 e. The van der Waals surface area contributed by atoms with Gasteiger partial charge in [0.25, 0.3) is 0 Å². The zero-order valence-electron chi connectivity index (χ0n) is 18.1. The highest BCUT2D eigenvalue weighted by Crippen LogP contribution is 2.27. The van der Waals surface area contributed by atoms with Gasteiger partial charge in [-0.15, -0.1) is 0 Å². The van der Waals surface area contributed by atoms with Crippen molar-refractivity contribution in [1.29, 1.82) is 0 Å². The second kappa shape index (κ2) is 11.0. The summed E-state index contributed by atoms with van der Waals surface area (Å²) >= 11 is 0. The van der Waals surface area contributed by atoms with Crippen LogP contribution in [0.4, 0.5) is 5.69 Å². The van der Waals surface area contributed by atoms with Crippen LogP contribution in [0.3, 0.4) is 0 Å². The maximum atomic E-state index is 12.6. The van der Waals surface area contributed by atoms with Crippen LogP contribution in [0.25, 0.3) is 0 Å². The summed E-state index contributed by atoms with van der Waals surface area (Å²) in [5.41, 5.74) is 2.32. The highest BCUT2D eigenvalue weighted by molar-refractivity contribution is 5.95. The van der Waals surface area contributed by atoms with Gasteiger partial charge in [-0.05, 0) is 37.3 Å². The van der Waals surface area contributed by atoms with Gasteiger partial charge < -0.3 is 20.9 Å². The summed E-state index contributed by atoms with van der Waals surface area (Å²) in [6.45, 7) is 3.75.